The lowest BCUT2D eigenvalue weighted by Gasteiger charge is -2.30. The van der Waals surface area contributed by atoms with Gasteiger partial charge in [-0.05, 0) is 49.2 Å². The smallest absolute Gasteiger partial charge is 0.337 e. The minimum atomic E-state index is -1.38. The molecule has 2 aromatic carbocycles. The number of benzene rings is 2. The topological polar surface area (TPSA) is 64.6 Å². The maximum Gasteiger partial charge on any atom is 0.337 e. The lowest BCUT2D eigenvalue weighted by molar-refractivity contribution is -0.139. The first-order valence-corrected chi connectivity index (χ1v) is 16.1. The van der Waals surface area contributed by atoms with Crippen molar-refractivity contribution in [1.82, 2.24) is 5.32 Å². The number of esters is 2. The number of nitrogens with one attached hydrogen (secondary N) is 1. The third-order valence-electron chi connectivity index (χ3n) is 5.89. The van der Waals surface area contributed by atoms with Crippen LogP contribution in [0.15, 0.2) is 83.2 Å². The van der Waals surface area contributed by atoms with Crippen LogP contribution in [0.5, 0.6) is 0 Å². The first-order chi connectivity index (χ1) is 17.1. The molecule has 7 heteroatoms. The molecule has 1 N–H and O–H groups in total. The van der Waals surface area contributed by atoms with E-state index in [9.17, 15) is 9.59 Å². The molecule has 1 unspecified atom stereocenters. The third-order valence-corrected chi connectivity index (χ3v) is 7.83. The van der Waals surface area contributed by atoms with Gasteiger partial charge >= 0.3 is 11.9 Å². The maximum atomic E-state index is 13.4. The number of ether oxygens (including phenoxy) is 2. The van der Waals surface area contributed by atoms with Gasteiger partial charge in [0.15, 0.2) is 0 Å². The van der Waals surface area contributed by atoms with Crippen LogP contribution in [-0.2, 0) is 19.1 Å². The molecule has 1 atom stereocenters. The van der Waals surface area contributed by atoms with Gasteiger partial charge in [-0.2, -0.15) is 0 Å². The lowest BCUT2D eigenvalue weighted by Crippen LogP contribution is -2.33. The van der Waals surface area contributed by atoms with E-state index in [4.69, 9.17) is 21.1 Å². The maximum absolute atomic E-state index is 13.4. The molecule has 0 radical (unpaired) electrons. The second-order valence-corrected chi connectivity index (χ2v) is 16.1. The Kier molecular flexibility index (Phi) is 9.35. The van der Waals surface area contributed by atoms with Crippen molar-refractivity contribution in [2.24, 2.45) is 0 Å². The van der Waals surface area contributed by atoms with Crippen molar-refractivity contribution < 1.29 is 19.1 Å². The number of allylic oxidation sites excluding steroid dienone is 2. The van der Waals surface area contributed by atoms with E-state index in [1.807, 2.05) is 62.4 Å². The summed E-state index contributed by atoms with van der Waals surface area (Å²) in [5.74, 6) is -1.59. The molecule has 0 fully saturated rings. The quantitative estimate of drug-likeness (QED) is 0.292. The van der Waals surface area contributed by atoms with Crippen LogP contribution < -0.4 is 5.32 Å². The first-order valence-electron chi connectivity index (χ1n) is 12.1. The van der Waals surface area contributed by atoms with Crippen molar-refractivity contribution >= 4 is 37.7 Å². The highest BCUT2D eigenvalue weighted by Gasteiger charge is 2.38. The fraction of sp³-hybridized carbons (Fsp3) is 0.310. The zero-order valence-electron chi connectivity index (χ0n) is 21.6. The highest BCUT2D eigenvalue weighted by atomic mass is 35.5. The van der Waals surface area contributed by atoms with Gasteiger partial charge < -0.3 is 14.8 Å². The summed E-state index contributed by atoms with van der Waals surface area (Å²) in [7, 11) is -1.38. The lowest BCUT2D eigenvalue weighted by atomic mass is 9.80. The Labute approximate surface area is 219 Å². The summed E-state index contributed by atoms with van der Waals surface area (Å²) in [5, 5.41) is 3.71. The molecule has 2 aromatic rings. The number of hydrogen-bond acceptors (Lipinski definition) is 5. The van der Waals surface area contributed by atoms with E-state index < -0.39 is 25.9 Å². The van der Waals surface area contributed by atoms with Crippen LogP contribution in [-0.4, -0.2) is 33.2 Å². The molecule has 0 saturated carbocycles. The number of hydrogen-bond donors (Lipinski definition) is 1. The van der Waals surface area contributed by atoms with E-state index >= 15 is 0 Å². The van der Waals surface area contributed by atoms with Crippen molar-refractivity contribution in [1.29, 1.82) is 0 Å². The Bertz CT molecular complexity index is 1200. The predicted octanol–water partition coefficient (Wildman–Crippen LogP) is 6.71. The van der Waals surface area contributed by atoms with E-state index in [1.165, 1.54) is 0 Å². The molecule has 1 heterocycles. The second kappa shape index (κ2) is 12.2. The van der Waals surface area contributed by atoms with Gasteiger partial charge in [0.1, 0.15) is 6.61 Å². The summed E-state index contributed by atoms with van der Waals surface area (Å²) in [5.41, 5.74) is 3.79. The van der Waals surface area contributed by atoms with Crippen LogP contribution >= 0.6 is 11.6 Å². The van der Waals surface area contributed by atoms with Crippen LogP contribution in [0.1, 0.15) is 30.9 Å². The van der Waals surface area contributed by atoms with Gasteiger partial charge in [0, 0.05) is 24.5 Å². The molecule has 1 aliphatic rings. The van der Waals surface area contributed by atoms with Gasteiger partial charge in [-0.25, -0.2) is 9.59 Å². The second-order valence-electron chi connectivity index (χ2n) is 10.0. The van der Waals surface area contributed by atoms with Crippen molar-refractivity contribution in [3.8, 4) is 0 Å². The Morgan fingerprint density at radius 3 is 2.19 bits per heavy atom. The third kappa shape index (κ3) is 7.45. The van der Waals surface area contributed by atoms with Crippen LogP contribution in [0, 0.1) is 0 Å². The van der Waals surface area contributed by atoms with Gasteiger partial charge in [0.05, 0.1) is 23.7 Å². The molecule has 0 saturated heterocycles. The Balaban J connectivity index is 1.87. The monoisotopic (exact) mass is 523 g/mol. The van der Waals surface area contributed by atoms with E-state index in [0.717, 1.165) is 17.2 Å². The standard InChI is InChI=1S/C29H34ClNO4Si/c1-20-25(28(32)34-16-10-13-22-11-7-6-8-12-22)27(23-14-9-15-24(30)19-23)26(21(2)31-20)29(33)35-17-18-36(3,4)5/h6-15,19,27,31H,16-18H2,1-5H3. The van der Waals surface area contributed by atoms with Gasteiger partial charge in [-0.15, -0.1) is 0 Å². The molecule has 36 heavy (non-hydrogen) atoms. The van der Waals surface area contributed by atoms with Crippen LogP contribution in [0.4, 0.5) is 0 Å². The van der Waals surface area contributed by atoms with Crippen molar-refractivity contribution in [2.45, 2.75) is 45.5 Å². The average Bonchev–Trinajstić information content (AvgIpc) is 2.81. The molecule has 5 nitrogen and oxygen atoms in total. The molecule has 0 bridgehead atoms. The predicted molar refractivity (Wildman–Crippen MR) is 148 cm³/mol. The molecule has 0 aliphatic carbocycles. The minimum absolute atomic E-state index is 0.103. The van der Waals surface area contributed by atoms with E-state index in [0.29, 0.717) is 34.2 Å². The fourth-order valence-corrected chi connectivity index (χ4v) is 4.95. The fourth-order valence-electron chi connectivity index (χ4n) is 4.03. The highest BCUT2D eigenvalue weighted by molar-refractivity contribution is 6.76. The number of carbonyl (C=O) groups is 2. The summed E-state index contributed by atoms with van der Waals surface area (Å²) in [4.78, 5) is 26.7. The van der Waals surface area contributed by atoms with E-state index in [2.05, 4.69) is 25.0 Å². The summed E-state index contributed by atoms with van der Waals surface area (Å²) in [6.45, 7) is 10.8. The van der Waals surface area contributed by atoms with Gasteiger partial charge in [0.25, 0.3) is 0 Å². The first kappa shape index (κ1) is 27.5. The van der Waals surface area contributed by atoms with Gasteiger partial charge in [0.2, 0.25) is 0 Å². The summed E-state index contributed by atoms with van der Waals surface area (Å²) in [6, 6.07) is 17.8. The molecule has 0 amide bonds. The number of halogens is 1. The molecule has 3 rings (SSSR count). The Hall–Kier alpha value is -3.09. The number of dihydropyridines is 1. The van der Waals surface area contributed by atoms with Crippen molar-refractivity contribution in [3.05, 3.63) is 99.4 Å². The van der Waals surface area contributed by atoms with Crippen LogP contribution in [0.25, 0.3) is 6.08 Å². The molecular formula is C29H34ClNO4Si. The summed E-state index contributed by atoms with van der Waals surface area (Å²) < 4.78 is 11.3. The normalized spacial score (nSPS) is 16.2. The Morgan fingerprint density at radius 2 is 1.58 bits per heavy atom. The van der Waals surface area contributed by atoms with Crippen LogP contribution in [0.3, 0.4) is 0 Å². The zero-order chi connectivity index (χ0) is 26.3. The Morgan fingerprint density at radius 1 is 0.944 bits per heavy atom. The van der Waals surface area contributed by atoms with E-state index in [-0.39, 0.29) is 6.61 Å². The van der Waals surface area contributed by atoms with Crippen LogP contribution in [0.2, 0.25) is 30.7 Å². The number of rotatable bonds is 9. The number of carbonyl (C=O) groups excluding carboxylic acids is 2. The molecular weight excluding hydrogens is 490 g/mol. The summed E-state index contributed by atoms with van der Waals surface area (Å²) in [6.07, 6.45) is 3.69. The SMILES string of the molecule is CC1=C(C(=O)OCC=Cc2ccccc2)C(c2cccc(Cl)c2)C(C(=O)OCC[Si](C)(C)C)=C(C)N1. The van der Waals surface area contributed by atoms with Crippen molar-refractivity contribution in [2.75, 3.05) is 13.2 Å². The molecule has 1 aliphatic heterocycles. The highest BCUT2D eigenvalue weighted by Crippen LogP contribution is 2.40. The summed E-state index contributed by atoms with van der Waals surface area (Å²) >= 11 is 6.30. The minimum Gasteiger partial charge on any atom is -0.463 e. The average molecular weight is 524 g/mol. The zero-order valence-corrected chi connectivity index (χ0v) is 23.3. The largest absolute Gasteiger partial charge is 0.463 e. The van der Waals surface area contributed by atoms with Gasteiger partial charge in [-0.3, -0.25) is 0 Å². The molecule has 0 spiro atoms. The van der Waals surface area contributed by atoms with E-state index in [1.54, 1.807) is 18.2 Å². The molecule has 190 valence electrons. The van der Waals surface area contributed by atoms with Gasteiger partial charge in [-0.1, -0.05) is 79.8 Å². The molecule has 0 aromatic heterocycles. The van der Waals surface area contributed by atoms with Crippen molar-refractivity contribution in [3.63, 3.8) is 0 Å².